The maximum Gasteiger partial charge on any atom is 0.123 e. The fourth-order valence-corrected chi connectivity index (χ4v) is 2.43. The zero-order valence-corrected chi connectivity index (χ0v) is 12.0. The van der Waals surface area contributed by atoms with Crippen LogP contribution < -0.4 is 15.8 Å². The molecule has 2 atom stereocenters. The summed E-state index contributed by atoms with van der Waals surface area (Å²) in [6.45, 7) is 5.03. The van der Waals surface area contributed by atoms with Crippen molar-refractivity contribution in [3.8, 4) is 5.75 Å². The van der Waals surface area contributed by atoms with Gasteiger partial charge in [0.25, 0.3) is 0 Å². The highest BCUT2D eigenvalue weighted by atomic mass is 16.5. The van der Waals surface area contributed by atoms with Crippen molar-refractivity contribution in [2.45, 2.75) is 32.7 Å². The van der Waals surface area contributed by atoms with Gasteiger partial charge in [-0.1, -0.05) is 32.4 Å². The molecule has 0 spiro atoms. The Morgan fingerprint density at radius 1 is 1.33 bits per heavy atom. The standard InChI is InChI=1S/C15H26N2O/c1-5-11-7-8-14(18-4)13(9-11)15(17-3)12(6-2)10-16/h7-9,12,15,17H,5-6,10,16H2,1-4H3. The summed E-state index contributed by atoms with van der Waals surface area (Å²) in [6.07, 6.45) is 2.09. The van der Waals surface area contributed by atoms with E-state index in [0.29, 0.717) is 12.5 Å². The molecule has 0 saturated heterocycles. The van der Waals surface area contributed by atoms with Crippen LogP contribution in [0.5, 0.6) is 5.75 Å². The average Bonchev–Trinajstić information content (AvgIpc) is 2.43. The molecular formula is C15H26N2O. The second-order valence-electron chi connectivity index (χ2n) is 4.60. The van der Waals surface area contributed by atoms with E-state index in [1.54, 1.807) is 7.11 Å². The zero-order chi connectivity index (χ0) is 13.5. The summed E-state index contributed by atoms with van der Waals surface area (Å²) in [5.41, 5.74) is 8.43. The highest BCUT2D eigenvalue weighted by Gasteiger charge is 2.22. The Morgan fingerprint density at radius 2 is 2.06 bits per heavy atom. The third-order valence-corrected chi connectivity index (χ3v) is 3.65. The molecule has 0 bridgehead atoms. The first kappa shape index (κ1) is 15.0. The maximum atomic E-state index is 5.88. The van der Waals surface area contributed by atoms with Gasteiger partial charge in [-0.05, 0) is 37.6 Å². The van der Waals surface area contributed by atoms with Gasteiger partial charge in [0.1, 0.15) is 5.75 Å². The first-order valence-electron chi connectivity index (χ1n) is 6.75. The molecule has 0 radical (unpaired) electrons. The summed E-state index contributed by atoms with van der Waals surface area (Å²) in [5, 5.41) is 3.39. The van der Waals surface area contributed by atoms with Gasteiger partial charge in [-0.3, -0.25) is 0 Å². The van der Waals surface area contributed by atoms with Crippen molar-refractivity contribution in [2.75, 3.05) is 20.7 Å². The largest absolute Gasteiger partial charge is 0.496 e. The Labute approximate surface area is 111 Å². The van der Waals surface area contributed by atoms with Crippen LogP contribution in [0.3, 0.4) is 0 Å². The van der Waals surface area contributed by atoms with E-state index in [1.165, 1.54) is 11.1 Å². The molecule has 1 aromatic carbocycles. The molecular weight excluding hydrogens is 224 g/mol. The van der Waals surface area contributed by atoms with E-state index < -0.39 is 0 Å². The van der Waals surface area contributed by atoms with E-state index in [-0.39, 0.29) is 6.04 Å². The lowest BCUT2D eigenvalue weighted by Gasteiger charge is -2.27. The molecule has 3 nitrogen and oxygen atoms in total. The molecule has 0 aliphatic carbocycles. The molecule has 18 heavy (non-hydrogen) atoms. The monoisotopic (exact) mass is 250 g/mol. The van der Waals surface area contributed by atoms with Crippen molar-refractivity contribution < 1.29 is 4.74 Å². The van der Waals surface area contributed by atoms with Gasteiger partial charge in [-0.25, -0.2) is 0 Å². The Kier molecular flexibility index (Phi) is 6.16. The van der Waals surface area contributed by atoms with Crippen molar-refractivity contribution in [2.24, 2.45) is 11.7 Å². The molecule has 1 rings (SSSR count). The SMILES string of the molecule is CCc1ccc(OC)c(C(NC)C(CC)CN)c1. The Bertz CT molecular complexity index is 362. The number of rotatable bonds is 7. The van der Waals surface area contributed by atoms with E-state index in [4.69, 9.17) is 10.5 Å². The molecule has 102 valence electrons. The number of nitrogens with one attached hydrogen (secondary N) is 1. The number of nitrogens with two attached hydrogens (primary N) is 1. The van der Waals surface area contributed by atoms with Crippen molar-refractivity contribution in [1.82, 2.24) is 5.32 Å². The first-order chi connectivity index (χ1) is 8.71. The number of ether oxygens (including phenoxy) is 1. The van der Waals surface area contributed by atoms with Crippen LogP contribution in [-0.2, 0) is 6.42 Å². The smallest absolute Gasteiger partial charge is 0.123 e. The van der Waals surface area contributed by atoms with Crippen LogP contribution >= 0.6 is 0 Å². The summed E-state index contributed by atoms with van der Waals surface area (Å²) in [7, 11) is 3.71. The number of hydrogen-bond acceptors (Lipinski definition) is 3. The van der Waals surface area contributed by atoms with Crippen molar-refractivity contribution in [1.29, 1.82) is 0 Å². The summed E-state index contributed by atoms with van der Waals surface area (Å²) in [6, 6.07) is 6.67. The zero-order valence-electron chi connectivity index (χ0n) is 12.0. The van der Waals surface area contributed by atoms with Gasteiger partial charge in [0, 0.05) is 11.6 Å². The van der Waals surface area contributed by atoms with Gasteiger partial charge in [0.2, 0.25) is 0 Å². The van der Waals surface area contributed by atoms with E-state index in [1.807, 2.05) is 7.05 Å². The summed E-state index contributed by atoms with van der Waals surface area (Å²) >= 11 is 0. The van der Waals surface area contributed by atoms with Crippen LogP contribution in [0.2, 0.25) is 0 Å². The first-order valence-corrected chi connectivity index (χ1v) is 6.75. The number of benzene rings is 1. The van der Waals surface area contributed by atoms with Crippen molar-refractivity contribution in [3.05, 3.63) is 29.3 Å². The summed E-state index contributed by atoms with van der Waals surface area (Å²) in [4.78, 5) is 0. The van der Waals surface area contributed by atoms with Crippen LogP contribution in [0.4, 0.5) is 0 Å². The molecule has 0 aromatic heterocycles. The van der Waals surface area contributed by atoms with Gasteiger partial charge >= 0.3 is 0 Å². The number of methoxy groups -OCH3 is 1. The van der Waals surface area contributed by atoms with Crippen LogP contribution in [-0.4, -0.2) is 20.7 Å². The van der Waals surface area contributed by atoms with Crippen LogP contribution in [0, 0.1) is 5.92 Å². The minimum atomic E-state index is 0.251. The topological polar surface area (TPSA) is 47.3 Å². The van der Waals surface area contributed by atoms with Crippen LogP contribution in [0.25, 0.3) is 0 Å². The highest BCUT2D eigenvalue weighted by molar-refractivity contribution is 5.40. The maximum absolute atomic E-state index is 5.88. The molecule has 0 fully saturated rings. The molecule has 2 unspecified atom stereocenters. The molecule has 3 heteroatoms. The third kappa shape index (κ3) is 3.24. The molecule has 0 saturated carbocycles. The minimum Gasteiger partial charge on any atom is -0.496 e. The molecule has 0 aliphatic heterocycles. The lowest BCUT2D eigenvalue weighted by Crippen LogP contribution is -2.30. The van der Waals surface area contributed by atoms with Gasteiger partial charge in [-0.15, -0.1) is 0 Å². The number of aryl methyl sites for hydroxylation is 1. The third-order valence-electron chi connectivity index (χ3n) is 3.65. The quantitative estimate of drug-likeness (QED) is 0.781. The van der Waals surface area contributed by atoms with Gasteiger partial charge in [-0.2, -0.15) is 0 Å². The highest BCUT2D eigenvalue weighted by Crippen LogP contribution is 2.32. The minimum absolute atomic E-state index is 0.251. The second-order valence-corrected chi connectivity index (χ2v) is 4.60. The lowest BCUT2D eigenvalue weighted by atomic mass is 9.89. The van der Waals surface area contributed by atoms with Gasteiger partial charge in [0.15, 0.2) is 0 Å². The molecule has 0 heterocycles. The number of hydrogen-bond donors (Lipinski definition) is 2. The predicted molar refractivity (Wildman–Crippen MR) is 77.0 cm³/mol. The van der Waals surface area contributed by atoms with Gasteiger partial charge < -0.3 is 15.8 Å². The normalized spacial score (nSPS) is 14.3. The average molecular weight is 250 g/mol. The van der Waals surface area contributed by atoms with Gasteiger partial charge in [0.05, 0.1) is 7.11 Å². The lowest BCUT2D eigenvalue weighted by molar-refractivity contribution is 0.352. The Hall–Kier alpha value is -1.06. The van der Waals surface area contributed by atoms with E-state index in [2.05, 4.69) is 37.4 Å². The molecule has 0 amide bonds. The fourth-order valence-electron chi connectivity index (χ4n) is 2.43. The Morgan fingerprint density at radius 3 is 2.50 bits per heavy atom. The molecule has 1 aromatic rings. The fraction of sp³-hybridized carbons (Fsp3) is 0.600. The van der Waals surface area contributed by atoms with Crippen molar-refractivity contribution >= 4 is 0 Å². The Balaban J connectivity index is 3.16. The second kappa shape index (κ2) is 7.39. The van der Waals surface area contributed by atoms with Crippen LogP contribution in [0.1, 0.15) is 37.4 Å². The van der Waals surface area contributed by atoms with E-state index in [0.717, 1.165) is 18.6 Å². The van der Waals surface area contributed by atoms with Crippen molar-refractivity contribution in [3.63, 3.8) is 0 Å². The summed E-state index contributed by atoms with van der Waals surface area (Å²) < 4.78 is 5.49. The van der Waals surface area contributed by atoms with E-state index in [9.17, 15) is 0 Å². The van der Waals surface area contributed by atoms with E-state index >= 15 is 0 Å². The predicted octanol–water partition coefficient (Wildman–Crippen LogP) is 2.50. The molecule has 0 aliphatic rings. The summed E-state index contributed by atoms with van der Waals surface area (Å²) in [5.74, 6) is 1.37. The molecule has 3 N–H and O–H groups in total. The van der Waals surface area contributed by atoms with Crippen LogP contribution in [0.15, 0.2) is 18.2 Å².